The van der Waals surface area contributed by atoms with Crippen LogP contribution < -0.4 is 10.2 Å². The average molecular weight is 470 g/mol. The molecular formula is C18H20BrN3O3S2. The van der Waals surface area contributed by atoms with Crippen LogP contribution in [0.1, 0.15) is 25.7 Å². The summed E-state index contributed by atoms with van der Waals surface area (Å²) < 4.78 is 1.68. The molecule has 0 bridgehead atoms. The molecule has 0 spiro atoms. The number of rotatable bonds is 7. The van der Waals surface area contributed by atoms with Crippen LogP contribution in [0.15, 0.2) is 39.1 Å². The van der Waals surface area contributed by atoms with Crippen molar-refractivity contribution >= 4 is 61.8 Å². The number of hydrogen-bond donors (Lipinski definition) is 2. The van der Waals surface area contributed by atoms with E-state index in [2.05, 4.69) is 26.2 Å². The van der Waals surface area contributed by atoms with Crippen molar-refractivity contribution in [3.63, 3.8) is 0 Å². The molecule has 0 aliphatic heterocycles. The molecule has 1 heterocycles. The Balaban J connectivity index is 1.71. The first-order valence-corrected chi connectivity index (χ1v) is 11.3. The first-order chi connectivity index (χ1) is 13.0. The van der Waals surface area contributed by atoms with Crippen molar-refractivity contribution in [3.8, 4) is 0 Å². The van der Waals surface area contributed by atoms with Crippen LogP contribution in [0.5, 0.6) is 0 Å². The molecule has 0 radical (unpaired) electrons. The van der Waals surface area contributed by atoms with Gasteiger partial charge in [0.2, 0.25) is 0 Å². The van der Waals surface area contributed by atoms with Gasteiger partial charge in [-0.2, -0.15) is 0 Å². The van der Waals surface area contributed by atoms with Crippen molar-refractivity contribution in [2.45, 2.75) is 29.9 Å². The third kappa shape index (κ3) is 5.95. The molecule has 1 aromatic heterocycles. The highest BCUT2D eigenvalue weighted by Crippen LogP contribution is 2.31. The van der Waals surface area contributed by atoms with Crippen LogP contribution in [0, 0.1) is 5.92 Å². The summed E-state index contributed by atoms with van der Waals surface area (Å²) in [7, 11) is 0. The number of nitrogens with zero attached hydrogens (tertiary/aromatic N) is 2. The van der Waals surface area contributed by atoms with Gasteiger partial charge in [0.25, 0.3) is 0 Å². The summed E-state index contributed by atoms with van der Waals surface area (Å²) in [6, 6.07) is 7.49. The van der Waals surface area contributed by atoms with Crippen molar-refractivity contribution in [1.29, 1.82) is 0 Å². The van der Waals surface area contributed by atoms with Crippen LogP contribution in [0.4, 0.5) is 15.6 Å². The maximum atomic E-state index is 13.0. The Bertz CT molecular complexity index is 809. The Kier molecular flexibility index (Phi) is 7.14. The molecule has 1 fully saturated rings. The molecule has 6 nitrogen and oxygen atoms in total. The second-order valence-corrected chi connectivity index (χ2v) is 9.56. The first kappa shape index (κ1) is 20.2. The molecule has 1 aliphatic rings. The van der Waals surface area contributed by atoms with Crippen molar-refractivity contribution in [2.24, 2.45) is 5.92 Å². The lowest BCUT2D eigenvalue weighted by Gasteiger charge is -2.26. The van der Waals surface area contributed by atoms with Crippen LogP contribution >= 0.6 is 39.0 Å². The highest BCUT2D eigenvalue weighted by atomic mass is 79.9. The molecule has 0 saturated heterocycles. The molecule has 1 aromatic carbocycles. The molecule has 144 valence electrons. The number of anilines is 2. The lowest BCUT2D eigenvalue weighted by atomic mass is 10.1. The number of hydrogen-bond acceptors (Lipinski definition) is 5. The van der Waals surface area contributed by atoms with Gasteiger partial charge < -0.3 is 5.11 Å². The summed E-state index contributed by atoms with van der Waals surface area (Å²) in [6.45, 7) is 0.675. The average Bonchev–Trinajstić information content (AvgIpc) is 3.29. The molecule has 2 N–H and O–H groups in total. The van der Waals surface area contributed by atoms with Gasteiger partial charge in [0.1, 0.15) is 0 Å². The van der Waals surface area contributed by atoms with Gasteiger partial charge >= 0.3 is 12.0 Å². The molecule has 27 heavy (non-hydrogen) atoms. The van der Waals surface area contributed by atoms with Crippen molar-refractivity contribution in [1.82, 2.24) is 4.98 Å². The lowest BCUT2D eigenvalue weighted by Crippen LogP contribution is -2.38. The molecule has 2 amide bonds. The number of urea groups is 1. The van der Waals surface area contributed by atoms with Crippen LogP contribution in [0.3, 0.4) is 0 Å². The third-order valence-corrected chi connectivity index (χ3v) is 6.90. The molecule has 1 aliphatic carbocycles. The predicted octanol–water partition coefficient (Wildman–Crippen LogP) is 5.31. The minimum absolute atomic E-state index is 0.0264. The monoisotopic (exact) mass is 469 g/mol. The molecule has 3 rings (SSSR count). The van der Waals surface area contributed by atoms with E-state index >= 15 is 0 Å². The topological polar surface area (TPSA) is 82.5 Å². The van der Waals surface area contributed by atoms with Crippen molar-refractivity contribution in [2.75, 3.05) is 22.5 Å². The normalized spacial score (nSPS) is 14.3. The molecular weight excluding hydrogens is 450 g/mol. The fraction of sp³-hybridized carbons (Fsp3) is 0.389. The summed E-state index contributed by atoms with van der Waals surface area (Å²) in [5.41, 5.74) is 0.839. The minimum Gasteiger partial charge on any atom is -0.481 e. The molecule has 9 heteroatoms. The fourth-order valence-corrected chi connectivity index (χ4v) is 5.05. The Morgan fingerprint density at radius 1 is 1.37 bits per heavy atom. The van der Waals surface area contributed by atoms with E-state index in [1.165, 1.54) is 35.9 Å². The van der Waals surface area contributed by atoms with E-state index in [1.807, 2.05) is 24.3 Å². The Morgan fingerprint density at radius 2 is 2.15 bits per heavy atom. The quantitative estimate of drug-likeness (QED) is 0.536. The number of carboxylic acid groups (broad SMARTS) is 1. The van der Waals surface area contributed by atoms with Crippen LogP contribution in [0.2, 0.25) is 0 Å². The second-order valence-electron chi connectivity index (χ2n) is 6.34. The van der Waals surface area contributed by atoms with Gasteiger partial charge in [0.05, 0.1) is 16.2 Å². The molecule has 0 atom stereocenters. The van der Waals surface area contributed by atoms with E-state index in [-0.39, 0.29) is 11.8 Å². The van der Waals surface area contributed by atoms with Gasteiger partial charge in [-0.25, -0.2) is 9.78 Å². The number of carboxylic acids is 1. The number of nitrogens with one attached hydrogen (secondary N) is 1. The minimum atomic E-state index is -0.878. The third-order valence-electron chi connectivity index (χ3n) is 4.32. The maximum Gasteiger partial charge on any atom is 0.328 e. The van der Waals surface area contributed by atoms with Crippen LogP contribution in [-0.4, -0.2) is 34.4 Å². The van der Waals surface area contributed by atoms with Gasteiger partial charge in [0, 0.05) is 16.7 Å². The maximum absolute atomic E-state index is 13.0. The SMILES string of the molecule is O=C(O)CSc1cnc(NC(=O)N(CC2CCCC2)c2cccc(Br)c2)s1. The summed E-state index contributed by atoms with van der Waals surface area (Å²) in [5.74, 6) is -0.398. The summed E-state index contributed by atoms with van der Waals surface area (Å²) in [4.78, 5) is 29.6. The number of halogens is 1. The molecule has 1 saturated carbocycles. The largest absolute Gasteiger partial charge is 0.481 e. The first-order valence-electron chi connectivity index (χ1n) is 8.66. The Hall–Kier alpha value is -1.58. The number of carbonyl (C=O) groups is 2. The van der Waals surface area contributed by atoms with Crippen LogP contribution in [-0.2, 0) is 4.79 Å². The van der Waals surface area contributed by atoms with E-state index in [4.69, 9.17) is 5.11 Å². The molecule has 0 unspecified atom stereocenters. The van der Waals surface area contributed by atoms with Gasteiger partial charge in [0.15, 0.2) is 5.13 Å². The van der Waals surface area contributed by atoms with E-state index in [0.29, 0.717) is 17.6 Å². The lowest BCUT2D eigenvalue weighted by molar-refractivity contribution is -0.133. The van der Waals surface area contributed by atoms with Gasteiger partial charge in [-0.15, -0.1) is 11.8 Å². The zero-order valence-electron chi connectivity index (χ0n) is 14.6. The zero-order chi connectivity index (χ0) is 19.2. The van der Waals surface area contributed by atoms with Crippen LogP contribution in [0.25, 0.3) is 0 Å². The second kappa shape index (κ2) is 9.57. The number of aromatic nitrogens is 1. The Morgan fingerprint density at radius 3 is 2.85 bits per heavy atom. The standard InChI is InChI=1S/C18H20BrN3O3S2/c19-13-6-3-7-14(8-13)22(10-12-4-1-2-5-12)18(25)21-17-20-9-16(27-17)26-11-15(23)24/h3,6-9,12H,1-2,4-5,10-11H2,(H,23,24)(H,20,21,25). The van der Waals surface area contributed by atoms with E-state index < -0.39 is 5.97 Å². The van der Waals surface area contributed by atoms with E-state index in [1.54, 1.807) is 11.1 Å². The van der Waals surface area contributed by atoms with E-state index in [0.717, 1.165) is 27.2 Å². The summed E-state index contributed by atoms with van der Waals surface area (Å²) in [6.07, 6.45) is 6.31. The number of carbonyl (C=O) groups excluding carboxylic acids is 1. The summed E-state index contributed by atoms with van der Waals surface area (Å²) >= 11 is 5.95. The summed E-state index contributed by atoms with van der Waals surface area (Å²) in [5, 5.41) is 12.1. The number of amides is 2. The number of thioether (sulfide) groups is 1. The van der Waals surface area contributed by atoms with E-state index in [9.17, 15) is 9.59 Å². The Labute approximate surface area is 174 Å². The van der Waals surface area contributed by atoms with Crippen molar-refractivity contribution < 1.29 is 14.7 Å². The zero-order valence-corrected chi connectivity index (χ0v) is 17.8. The smallest absolute Gasteiger partial charge is 0.328 e. The van der Waals surface area contributed by atoms with Gasteiger partial charge in [-0.1, -0.05) is 46.2 Å². The number of benzene rings is 1. The number of thiazole rings is 1. The number of aliphatic carboxylic acids is 1. The fourth-order valence-electron chi connectivity index (χ4n) is 3.08. The highest BCUT2D eigenvalue weighted by Gasteiger charge is 2.24. The highest BCUT2D eigenvalue weighted by molar-refractivity contribution is 9.10. The van der Waals surface area contributed by atoms with Crippen molar-refractivity contribution in [3.05, 3.63) is 34.9 Å². The van der Waals surface area contributed by atoms with Gasteiger partial charge in [-0.05, 0) is 37.0 Å². The van der Waals surface area contributed by atoms with Gasteiger partial charge in [-0.3, -0.25) is 15.0 Å². The molecule has 2 aromatic rings. The predicted molar refractivity (Wildman–Crippen MR) is 113 cm³/mol.